The number of likely N-dealkylation sites (tertiary alicyclic amines) is 1. The van der Waals surface area contributed by atoms with Crippen molar-refractivity contribution in [3.05, 3.63) is 23.8 Å². The van der Waals surface area contributed by atoms with Crippen molar-refractivity contribution in [2.45, 2.75) is 18.9 Å². The van der Waals surface area contributed by atoms with Gasteiger partial charge in [0.25, 0.3) is 5.91 Å². The second-order valence-corrected chi connectivity index (χ2v) is 5.05. The molecule has 0 aromatic heterocycles. The van der Waals surface area contributed by atoms with Crippen LogP contribution in [0.1, 0.15) is 23.2 Å². The molecule has 1 aromatic carbocycles. The molecule has 1 aromatic rings. The summed E-state index contributed by atoms with van der Waals surface area (Å²) in [5.41, 5.74) is 0.514. The summed E-state index contributed by atoms with van der Waals surface area (Å²) < 4.78 is 10.5. The largest absolute Gasteiger partial charge is 0.454 e. The van der Waals surface area contributed by atoms with Crippen LogP contribution in [0.5, 0.6) is 11.5 Å². The third-order valence-electron chi connectivity index (χ3n) is 3.63. The lowest BCUT2D eigenvalue weighted by Gasteiger charge is -2.29. The van der Waals surface area contributed by atoms with E-state index in [1.165, 1.54) is 0 Å². The summed E-state index contributed by atoms with van der Waals surface area (Å²) in [6, 6.07) is 4.97. The van der Waals surface area contributed by atoms with E-state index in [1.807, 2.05) is 0 Å². The first-order valence-corrected chi connectivity index (χ1v) is 6.58. The van der Waals surface area contributed by atoms with Crippen molar-refractivity contribution >= 4 is 11.8 Å². The van der Waals surface area contributed by atoms with E-state index in [0.717, 1.165) is 6.42 Å². The quantitative estimate of drug-likeness (QED) is 0.866. The molecule has 1 atom stereocenters. The van der Waals surface area contributed by atoms with E-state index in [0.29, 0.717) is 30.0 Å². The molecule has 0 bridgehead atoms. The number of rotatable bonds is 2. The summed E-state index contributed by atoms with van der Waals surface area (Å²) in [6.45, 7) is 0.856. The molecule has 6 heteroatoms. The number of benzene rings is 1. The van der Waals surface area contributed by atoms with E-state index in [1.54, 1.807) is 30.1 Å². The number of amides is 2. The van der Waals surface area contributed by atoms with Gasteiger partial charge in [-0.1, -0.05) is 0 Å². The van der Waals surface area contributed by atoms with Gasteiger partial charge in [-0.05, 0) is 24.6 Å². The highest BCUT2D eigenvalue weighted by atomic mass is 16.7. The van der Waals surface area contributed by atoms with Crippen molar-refractivity contribution in [3.8, 4) is 11.5 Å². The van der Waals surface area contributed by atoms with Crippen LogP contribution in [0.2, 0.25) is 0 Å². The Labute approximate surface area is 116 Å². The molecular formula is C14H16N2O4. The summed E-state index contributed by atoms with van der Waals surface area (Å²) >= 11 is 0. The van der Waals surface area contributed by atoms with Crippen LogP contribution >= 0.6 is 0 Å². The number of carbonyl (C=O) groups is 2. The van der Waals surface area contributed by atoms with Gasteiger partial charge in [-0.2, -0.15) is 0 Å². The number of nitrogens with one attached hydrogen (secondary N) is 1. The van der Waals surface area contributed by atoms with Crippen molar-refractivity contribution in [3.63, 3.8) is 0 Å². The molecular weight excluding hydrogens is 260 g/mol. The topological polar surface area (TPSA) is 67.9 Å². The minimum absolute atomic E-state index is 0.0623. The van der Waals surface area contributed by atoms with E-state index in [4.69, 9.17) is 9.47 Å². The Bertz CT molecular complexity index is 558. The van der Waals surface area contributed by atoms with Crippen LogP contribution in [-0.2, 0) is 4.79 Å². The van der Waals surface area contributed by atoms with E-state index in [2.05, 4.69) is 5.32 Å². The van der Waals surface area contributed by atoms with Crippen LogP contribution in [0, 0.1) is 0 Å². The van der Waals surface area contributed by atoms with Crippen molar-refractivity contribution < 1.29 is 19.1 Å². The normalized spacial score (nSPS) is 20.9. The van der Waals surface area contributed by atoms with Crippen LogP contribution in [0.15, 0.2) is 18.2 Å². The molecule has 1 fully saturated rings. The van der Waals surface area contributed by atoms with Gasteiger partial charge in [0.05, 0.1) is 0 Å². The van der Waals surface area contributed by atoms with E-state index in [-0.39, 0.29) is 24.6 Å². The van der Waals surface area contributed by atoms with Gasteiger partial charge in [0.15, 0.2) is 11.5 Å². The number of hydrogen-bond donors (Lipinski definition) is 1. The average molecular weight is 276 g/mol. The highest BCUT2D eigenvalue weighted by Gasteiger charge is 2.25. The standard InChI is InChI=1S/C14H16N2O4/c1-16-5-4-10(7-13(16)17)15-14(18)9-2-3-11-12(6-9)20-8-19-11/h2-3,6,10H,4-5,7-8H2,1H3,(H,15,18). The van der Waals surface area contributed by atoms with Gasteiger partial charge >= 0.3 is 0 Å². The van der Waals surface area contributed by atoms with E-state index >= 15 is 0 Å². The SMILES string of the molecule is CN1CCC(NC(=O)c2ccc3c(c2)OCO3)CC1=O. The van der Waals surface area contributed by atoms with Gasteiger partial charge in [-0.3, -0.25) is 9.59 Å². The predicted octanol–water partition coefficient (Wildman–Crippen LogP) is 0.766. The van der Waals surface area contributed by atoms with Crippen molar-refractivity contribution in [2.75, 3.05) is 20.4 Å². The molecule has 20 heavy (non-hydrogen) atoms. The number of carbonyl (C=O) groups excluding carboxylic acids is 2. The zero-order valence-corrected chi connectivity index (χ0v) is 11.2. The maximum absolute atomic E-state index is 12.2. The Kier molecular flexibility index (Phi) is 3.22. The number of fused-ring (bicyclic) bond motifs is 1. The molecule has 106 valence electrons. The zero-order chi connectivity index (χ0) is 14.1. The summed E-state index contributed by atoms with van der Waals surface area (Å²) in [4.78, 5) is 25.5. The lowest BCUT2D eigenvalue weighted by atomic mass is 10.0. The van der Waals surface area contributed by atoms with Crippen LogP contribution < -0.4 is 14.8 Å². The molecule has 2 aliphatic rings. The average Bonchev–Trinajstić information content (AvgIpc) is 2.90. The highest BCUT2D eigenvalue weighted by molar-refractivity contribution is 5.95. The summed E-state index contributed by atoms with van der Waals surface area (Å²) in [5, 5.41) is 2.89. The molecule has 0 spiro atoms. The minimum Gasteiger partial charge on any atom is -0.454 e. The molecule has 2 amide bonds. The Balaban J connectivity index is 1.66. The van der Waals surface area contributed by atoms with Gasteiger partial charge in [0.1, 0.15) is 0 Å². The number of ether oxygens (including phenoxy) is 2. The fraction of sp³-hybridized carbons (Fsp3) is 0.429. The molecule has 1 saturated heterocycles. The summed E-state index contributed by atoms with van der Waals surface area (Å²) in [7, 11) is 1.78. The molecule has 6 nitrogen and oxygen atoms in total. The van der Waals surface area contributed by atoms with Gasteiger partial charge in [0, 0.05) is 31.6 Å². The maximum Gasteiger partial charge on any atom is 0.251 e. The van der Waals surface area contributed by atoms with Gasteiger partial charge < -0.3 is 19.7 Å². The van der Waals surface area contributed by atoms with Gasteiger partial charge in [0.2, 0.25) is 12.7 Å². The fourth-order valence-electron chi connectivity index (χ4n) is 2.37. The molecule has 1 N–H and O–H groups in total. The zero-order valence-electron chi connectivity index (χ0n) is 11.2. The second-order valence-electron chi connectivity index (χ2n) is 5.05. The summed E-state index contributed by atoms with van der Waals surface area (Å²) in [6.07, 6.45) is 1.13. The number of nitrogens with zero attached hydrogens (tertiary/aromatic N) is 1. The van der Waals surface area contributed by atoms with Crippen molar-refractivity contribution in [1.29, 1.82) is 0 Å². The Morgan fingerprint density at radius 2 is 2.15 bits per heavy atom. The molecule has 2 heterocycles. The lowest BCUT2D eigenvalue weighted by molar-refractivity contribution is -0.132. The van der Waals surface area contributed by atoms with Crippen LogP contribution in [-0.4, -0.2) is 43.1 Å². The smallest absolute Gasteiger partial charge is 0.251 e. The van der Waals surface area contributed by atoms with Crippen molar-refractivity contribution in [2.24, 2.45) is 0 Å². The van der Waals surface area contributed by atoms with Crippen LogP contribution in [0.3, 0.4) is 0 Å². The monoisotopic (exact) mass is 276 g/mol. The molecule has 1 unspecified atom stereocenters. The van der Waals surface area contributed by atoms with Crippen LogP contribution in [0.25, 0.3) is 0 Å². The summed E-state index contributed by atoms with van der Waals surface area (Å²) in [5.74, 6) is 1.10. The van der Waals surface area contributed by atoms with Gasteiger partial charge in [-0.15, -0.1) is 0 Å². The van der Waals surface area contributed by atoms with Crippen molar-refractivity contribution in [1.82, 2.24) is 10.2 Å². The molecule has 2 aliphatic heterocycles. The van der Waals surface area contributed by atoms with Crippen LogP contribution in [0.4, 0.5) is 0 Å². The molecule has 0 radical (unpaired) electrons. The third-order valence-corrected chi connectivity index (χ3v) is 3.63. The first-order chi connectivity index (χ1) is 9.63. The Hall–Kier alpha value is -2.24. The second kappa shape index (κ2) is 5.03. The van der Waals surface area contributed by atoms with E-state index in [9.17, 15) is 9.59 Å². The first-order valence-electron chi connectivity index (χ1n) is 6.58. The molecule has 0 aliphatic carbocycles. The Morgan fingerprint density at radius 3 is 2.95 bits per heavy atom. The van der Waals surface area contributed by atoms with E-state index < -0.39 is 0 Å². The highest BCUT2D eigenvalue weighted by Crippen LogP contribution is 2.32. The fourth-order valence-corrected chi connectivity index (χ4v) is 2.37. The Morgan fingerprint density at radius 1 is 1.35 bits per heavy atom. The van der Waals surface area contributed by atoms with Gasteiger partial charge in [-0.25, -0.2) is 0 Å². The maximum atomic E-state index is 12.2. The first kappa shape index (κ1) is 12.8. The third kappa shape index (κ3) is 2.41. The lowest BCUT2D eigenvalue weighted by Crippen LogP contribution is -2.46. The number of piperidine rings is 1. The number of hydrogen-bond acceptors (Lipinski definition) is 4. The molecule has 0 saturated carbocycles. The molecule has 3 rings (SSSR count). The predicted molar refractivity (Wildman–Crippen MR) is 70.7 cm³/mol. The minimum atomic E-state index is -0.189.